The van der Waals surface area contributed by atoms with Crippen molar-refractivity contribution in [2.24, 2.45) is 0 Å². The fourth-order valence-electron chi connectivity index (χ4n) is 2.81. The van der Waals surface area contributed by atoms with Gasteiger partial charge in [0.2, 0.25) is 0 Å². The van der Waals surface area contributed by atoms with E-state index in [0.717, 1.165) is 6.07 Å². The van der Waals surface area contributed by atoms with Gasteiger partial charge in [-0.2, -0.15) is 18.3 Å². The van der Waals surface area contributed by atoms with Crippen LogP contribution in [-0.2, 0) is 6.18 Å². The Labute approximate surface area is 138 Å². The van der Waals surface area contributed by atoms with Gasteiger partial charge < -0.3 is 4.90 Å². The molecule has 0 spiro atoms. The normalized spacial score (nSPS) is 12.0. The highest BCUT2D eigenvalue weighted by Crippen LogP contribution is 2.40. The van der Waals surface area contributed by atoms with Gasteiger partial charge in [-0.15, -0.1) is 0 Å². The lowest BCUT2D eigenvalue weighted by Crippen LogP contribution is -2.38. The number of H-pyrrole nitrogens is 1. The zero-order chi connectivity index (χ0) is 18.1. The van der Waals surface area contributed by atoms with Crippen LogP contribution in [0.15, 0.2) is 35.1 Å². The number of hydrogen-bond donors (Lipinski definition) is 1. The van der Waals surface area contributed by atoms with Crippen LogP contribution >= 0.6 is 0 Å². The summed E-state index contributed by atoms with van der Waals surface area (Å²) in [5, 5.41) is 6.03. The Hall–Kier alpha value is -2.31. The summed E-state index contributed by atoms with van der Waals surface area (Å²) in [6.45, 7) is 7.43. The van der Waals surface area contributed by atoms with Gasteiger partial charge in [-0.3, -0.25) is 4.79 Å². The predicted octanol–water partition coefficient (Wildman–Crippen LogP) is 4.08. The molecule has 0 aliphatic carbocycles. The van der Waals surface area contributed by atoms with Crippen LogP contribution in [0.25, 0.3) is 11.3 Å². The molecule has 130 valence electrons. The van der Waals surface area contributed by atoms with Gasteiger partial charge in [0, 0.05) is 29.4 Å². The van der Waals surface area contributed by atoms with E-state index in [-0.39, 0.29) is 23.5 Å². The topological polar surface area (TPSA) is 49.0 Å². The first kappa shape index (κ1) is 18.0. The third-order valence-corrected chi connectivity index (χ3v) is 3.67. The van der Waals surface area contributed by atoms with Crippen molar-refractivity contribution in [3.05, 3.63) is 46.2 Å². The molecule has 24 heavy (non-hydrogen) atoms. The van der Waals surface area contributed by atoms with Crippen LogP contribution in [0, 0.1) is 0 Å². The fraction of sp³-hybridized carbons (Fsp3) is 0.412. The summed E-state index contributed by atoms with van der Waals surface area (Å²) < 4.78 is 40.8. The summed E-state index contributed by atoms with van der Waals surface area (Å²) in [6.07, 6.45) is -4.49. The first-order valence-electron chi connectivity index (χ1n) is 7.67. The van der Waals surface area contributed by atoms with Crippen LogP contribution in [0.3, 0.4) is 0 Å². The molecule has 4 nitrogen and oxygen atoms in total. The minimum atomic E-state index is -4.49. The number of anilines is 1. The molecule has 0 aliphatic rings. The van der Waals surface area contributed by atoms with Gasteiger partial charge in [0.15, 0.2) is 0 Å². The van der Waals surface area contributed by atoms with Gasteiger partial charge in [-0.05, 0) is 45.9 Å². The molecule has 0 unspecified atom stereocenters. The Morgan fingerprint density at radius 3 is 2.12 bits per heavy atom. The van der Waals surface area contributed by atoms with E-state index in [1.165, 1.54) is 18.2 Å². The SMILES string of the molecule is CC(C)N(c1ccc(-c2ccc(=O)[nH]n2)cc1C(F)(F)F)C(C)C. The first-order valence-corrected chi connectivity index (χ1v) is 7.67. The molecule has 0 bridgehead atoms. The average Bonchev–Trinajstić information content (AvgIpc) is 2.46. The van der Waals surface area contributed by atoms with Crippen LogP contribution in [0.1, 0.15) is 33.3 Å². The summed E-state index contributed by atoms with van der Waals surface area (Å²) >= 11 is 0. The van der Waals surface area contributed by atoms with Gasteiger partial charge in [0.05, 0.1) is 11.3 Å². The molecular weight excluding hydrogens is 319 g/mol. The summed E-state index contributed by atoms with van der Waals surface area (Å²) in [6, 6.07) is 6.60. The molecule has 7 heteroatoms. The maximum atomic E-state index is 13.6. The van der Waals surface area contributed by atoms with Crippen LogP contribution in [0.4, 0.5) is 18.9 Å². The predicted molar refractivity (Wildman–Crippen MR) is 88.0 cm³/mol. The number of aromatic nitrogens is 2. The van der Waals surface area contributed by atoms with E-state index >= 15 is 0 Å². The summed E-state index contributed by atoms with van der Waals surface area (Å²) in [4.78, 5) is 12.8. The molecule has 0 atom stereocenters. The van der Waals surface area contributed by atoms with Gasteiger partial charge in [-0.25, -0.2) is 5.10 Å². The number of hydrogen-bond acceptors (Lipinski definition) is 3. The molecule has 0 radical (unpaired) electrons. The number of aromatic amines is 1. The molecule has 1 N–H and O–H groups in total. The minimum Gasteiger partial charge on any atom is -0.366 e. The van der Waals surface area contributed by atoms with E-state index in [2.05, 4.69) is 10.2 Å². The van der Waals surface area contributed by atoms with E-state index in [4.69, 9.17) is 0 Å². The molecule has 2 aromatic rings. The molecule has 1 aromatic heterocycles. The summed E-state index contributed by atoms with van der Waals surface area (Å²) in [5.41, 5.74) is -0.393. The third-order valence-electron chi connectivity index (χ3n) is 3.67. The largest absolute Gasteiger partial charge is 0.418 e. The average molecular weight is 339 g/mol. The van der Waals surface area contributed by atoms with Crippen molar-refractivity contribution in [2.45, 2.75) is 46.0 Å². The smallest absolute Gasteiger partial charge is 0.366 e. The van der Waals surface area contributed by atoms with Gasteiger partial charge >= 0.3 is 6.18 Å². The third kappa shape index (κ3) is 3.77. The second-order valence-corrected chi connectivity index (χ2v) is 6.13. The Morgan fingerprint density at radius 2 is 1.67 bits per heavy atom. The molecule has 2 rings (SSSR count). The van der Waals surface area contributed by atoms with E-state index in [0.29, 0.717) is 5.56 Å². The lowest BCUT2D eigenvalue weighted by molar-refractivity contribution is -0.137. The zero-order valence-electron chi connectivity index (χ0n) is 14.0. The highest BCUT2D eigenvalue weighted by Gasteiger charge is 2.36. The maximum absolute atomic E-state index is 13.6. The van der Waals surface area contributed by atoms with Gasteiger partial charge in [-0.1, -0.05) is 6.07 Å². The van der Waals surface area contributed by atoms with E-state index < -0.39 is 17.3 Å². The van der Waals surface area contributed by atoms with Crippen molar-refractivity contribution in [1.29, 1.82) is 0 Å². The minimum absolute atomic E-state index is 0.0804. The Bertz CT molecular complexity index is 738. The quantitative estimate of drug-likeness (QED) is 0.913. The second-order valence-electron chi connectivity index (χ2n) is 6.13. The van der Waals surface area contributed by atoms with Crippen LogP contribution in [0.5, 0.6) is 0 Å². The van der Waals surface area contributed by atoms with Crippen molar-refractivity contribution in [1.82, 2.24) is 10.2 Å². The lowest BCUT2D eigenvalue weighted by Gasteiger charge is -2.35. The van der Waals surface area contributed by atoms with E-state index in [1.807, 2.05) is 27.7 Å². The van der Waals surface area contributed by atoms with Crippen LogP contribution in [-0.4, -0.2) is 22.3 Å². The molecule has 0 amide bonds. The lowest BCUT2D eigenvalue weighted by atomic mass is 10.0. The van der Waals surface area contributed by atoms with Crippen LogP contribution in [0.2, 0.25) is 0 Å². The first-order chi connectivity index (χ1) is 11.1. The molecular formula is C17H20F3N3O. The fourth-order valence-corrected chi connectivity index (χ4v) is 2.81. The molecule has 0 aliphatic heterocycles. The standard InChI is InChI=1S/C17H20F3N3O/c1-10(2)23(11(3)4)15-7-5-12(9-13(15)17(18,19)20)14-6-8-16(24)22-21-14/h5-11H,1-4H3,(H,22,24). The van der Waals surface area contributed by atoms with Crippen molar-refractivity contribution < 1.29 is 13.2 Å². The van der Waals surface area contributed by atoms with Crippen molar-refractivity contribution in [3.8, 4) is 11.3 Å². The molecule has 0 saturated heterocycles. The van der Waals surface area contributed by atoms with Crippen molar-refractivity contribution in [3.63, 3.8) is 0 Å². The molecule has 1 aromatic carbocycles. The van der Waals surface area contributed by atoms with Crippen molar-refractivity contribution in [2.75, 3.05) is 4.90 Å². The number of nitrogens with zero attached hydrogens (tertiary/aromatic N) is 2. The Morgan fingerprint density at radius 1 is 1.04 bits per heavy atom. The van der Waals surface area contributed by atoms with Crippen molar-refractivity contribution >= 4 is 5.69 Å². The zero-order valence-corrected chi connectivity index (χ0v) is 14.0. The number of nitrogens with one attached hydrogen (secondary N) is 1. The summed E-state index contributed by atoms with van der Waals surface area (Å²) in [7, 11) is 0. The second kappa shape index (κ2) is 6.67. The number of alkyl halides is 3. The number of benzene rings is 1. The molecule has 1 heterocycles. The molecule has 0 fully saturated rings. The maximum Gasteiger partial charge on any atom is 0.418 e. The Balaban J connectivity index is 2.62. The Kier molecular flexibility index (Phi) is 5.01. The molecule has 0 saturated carbocycles. The van der Waals surface area contributed by atoms with E-state index in [1.54, 1.807) is 11.0 Å². The van der Waals surface area contributed by atoms with Crippen LogP contribution < -0.4 is 10.5 Å². The highest BCUT2D eigenvalue weighted by atomic mass is 19.4. The van der Waals surface area contributed by atoms with E-state index in [9.17, 15) is 18.0 Å². The van der Waals surface area contributed by atoms with Gasteiger partial charge in [0.1, 0.15) is 0 Å². The monoisotopic (exact) mass is 339 g/mol. The number of halogens is 3. The summed E-state index contributed by atoms with van der Waals surface area (Å²) in [5.74, 6) is 0. The highest BCUT2D eigenvalue weighted by molar-refractivity contribution is 5.67. The number of rotatable bonds is 4. The van der Waals surface area contributed by atoms with Gasteiger partial charge in [0.25, 0.3) is 5.56 Å².